The number of hydrogen-bond donors (Lipinski definition) is 0. The van der Waals surface area contributed by atoms with E-state index >= 15 is 0 Å². The van der Waals surface area contributed by atoms with Crippen LogP contribution in [0.5, 0.6) is 5.88 Å². The molecule has 0 saturated carbocycles. The maximum absolute atomic E-state index is 13.4. The van der Waals surface area contributed by atoms with Gasteiger partial charge in [0, 0.05) is 31.8 Å². The first-order valence-corrected chi connectivity index (χ1v) is 11.8. The molecule has 0 radical (unpaired) electrons. The average molecular weight is 429 g/mol. The Balaban J connectivity index is 1.39. The van der Waals surface area contributed by atoms with E-state index in [0.717, 1.165) is 29.7 Å². The summed E-state index contributed by atoms with van der Waals surface area (Å²) in [6.07, 6.45) is 4.64. The molecule has 30 heavy (non-hydrogen) atoms. The Labute approximate surface area is 175 Å². The molecule has 1 amide bonds. The summed E-state index contributed by atoms with van der Waals surface area (Å²) in [7, 11) is -3.64. The second-order valence-electron chi connectivity index (χ2n) is 8.07. The number of ether oxygens (including phenoxy) is 1. The lowest BCUT2D eigenvalue weighted by Crippen LogP contribution is -2.44. The average Bonchev–Trinajstić information content (AvgIpc) is 3.16. The number of carbonyl (C=O) groups excluding carboxylic acids is 1. The summed E-state index contributed by atoms with van der Waals surface area (Å²) in [5.41, 5.74) is 2.86. The van der Waals surface area contributed by atoms with Gasteiger partial charge in [-0.1, -0.05) is 0 Å². The molecule has 1 saturated heterocycles. The fourth-order valence-corrected chi connectivity index (χ4v) is 6.23. The minimum atomic E-state index is -3.64. The van der Waals surface area contributed by atoms with E-state index in [1.54, 1.807) is 36.2 Å². The lowest BCUT2D eigenvalue weighted by atomic mass is 10.00. The third-order valence-electron chi connectivity index (χ3n) is 6.04. The molecular weight excluding hydrogens is 404 g/mol. The van der Waals surface area contributed by atoms with Crippen LogP contribution in [0.1, 0.15) is 36.2 Å². The third-order valence-corrected chi connectivity index (χ3v) is 7.88. The van der Waals surface area contributed by atoms with Crippen molar-refractivity contribution < 1.29 is 17.9 Å². The van der Waals surface area contributed by atoms with E-state index in [0.29, 0.717) is 55.5 Å². The Morgan fingerprint density at radius 1 is 1.13 bits per heavy atom. The molecule has 3 aliphatic rings. The van der Waals surface area contributed by atoms with E-state index in [2.05, 4.69) is 9.97 Å². The van der Waals surface area contributed by atoms with Gasteiger partial charge < -0.3 is 9.64 Å². The van der Waals surface area contributed by atoms with Gasteiger partial charge in [0.15, 0.2) is 0 Å². The van der Waals surface area contributed by atoms with Crippen LogP contribution >= 0.6 is 0 Å². The van der Waals surface area contributed by atoms with Crippen LogP contribution in [-0.2, 0) is 27.7 Å². The first-order chi connectivity index (χ1) is 14.4. The van der Waals surface area contributed by atoms with Crippen molar-refractivity contribution in [2.24, 2.45) is 0 Å². The minimum Gasteiger partial charge on any atom is -0.473 e. The summed E-state index contributed by atoms with van der Waals surface area (Å²) < 4.78 is 34.3. The SMILES string of the molecule is Cc1nccc(O[C@@H]2CCCN(S(=O)(=O)c3cc4c5c(c3)CCN5C(=O)CC4)C2)n1. The number of amides is 1. The van der Waals surface area contributed by atoms with E-state index < -0.39 is 10.0 Å². The summed E-state index contributed by atoms with van der Waals surface area (Å²) in [6, 6.07) is 5.21. The summed E-state index contributed by atoms with van der Waals surface area (Å²) in [6.45, 7) is 3.20. The monoisotopic (exact) mass is 428 g/mol. The van der Waals surface area contributed by atoms with Gasteiger partial charge >= 0.3 is 0 Å². The van der Waals surface area contributed by atoms with Gasteiger partial charge in [-0.25, -0.2) is 13.4 Å². The van der Waals surface area contributed by atoms with Crippen molar-refractivity contribution in [1.29, 1.82) is 0 Å². The zero-order chi connectivity index (χ0) is 20.9. The molecule has 0 bridgehead atoms. The second kappa shape index (κ2) is 7.31. The Hall–Kier alpha value is -2.52. The van der Waals surface area contributed by atoms with E-state index in [4.69, 9.17) is 4.74 Å². The molecule has 1 aromatic carbocycles. The molecule has 0 unspecified atom stereocenters. The van der Waals surface area contributed by atoms with Crippen molar-refractivity contribution >= 4 is 21.6 Å². The largest absolute Gasteiger partial charge is 0.473 e. The molecule has 2 aromatic rings. The van der Waals surface area contributed by atoms with Crippen molar-refractivity contribution in [3.8, 4) is 5.88 Å². The van der Waals surface area contributed by atoms with Gasteiger partial charge in [-0.3, -0.25) is 4.79 Å². The van der Waals surface area contributed by atoms with Gasteiger partial charge in [0.1, 0.15) is 11.9 Å². The molecule has 1 aromatic heterocycles. The maximum atomic E-state index is 13.4. The quantitative estimate of drug-likeness (QED) is 0.738. The predicted molar refractivity (Wildman–Crippen MR) is 110 cm³/mol. The fraction of sp³-hybridized carbons (Fsp3) is 0.476. The Morgan fingerprint density at radius 2 is 1.93 bits per heavy atom. The van der Waals surface area contributed by atoms with Crippen LogP contribution in [0.25, 0.3) is 0 Å². The van der Waals surface area contributed by atoms with Crippen molar-refractivity contribution in [3.63, 3.8) is 0 Å². The topological polar surface area (TPSA) is 92.7 Å². The highest BCUT2D eigenvalue weighted by molar-refractivity contribution is 7.89. The van der Waals surface area contributed by atoms with E-state index in [1.807, 2.05) is 0 Å². The van der Waals surface area contributed by atoms with Crippen LogP contribution < -0.4 is 9.64 Å². The smallest absolute Gasteiger partial charge is 0.243 e. The molecule has 1 fully saturated rings. The van der Waals surface area contributed by atoms with Crippen LogP contribution in [0.3, 0.4) is 0 Å². The highest BCUT2D eigenvalue weighted by atomic mass is 32.2. The van der Waals surface area contributed by atoms with Crippen LogP contribution in [0.2, 0.25) is 0 Å². The fourth-order valence-electron chi connectivity index (χ4n) is 4.61. The highest BCUT2D eigenvalue weighted by Gasteiger charge is 2.36. The van der Waals surface area contributed by atoms with Crippen molar-refractivity contribution in [1.82, 2.24) is 14.3 Å². The van der Waals surface area contributed by atoms with Crippen molar-refractivity contribution in [3.05, 3.63) is 41.3 Å². The third kappa shape index (κ3) is 3.35. The number of nitrogens with zero attached hydrogens (tertiary/aromatic N) is 4. The number of aryl methyl sites for hydroxylation is 2. The first kappa shape index (κ1) is 19.4. The molecule has 158 valence electrons. The number of carbonyl (C=O) groups is 1. The van der Waals surface area contributed by atoms with Crippen molar-refractivity contribution in [2.75, 3.05) is 24.5 Å². The number of benzene rings is 1. The molecule has 0 N–H and O–H groups in total. The van der Waals surface area contributed by atoms with Crippen LogP contribution in [0.15, 0.2) is 29.3 Å². The predicted octanol–water partition coefficient (Wildman–Crippen LogP) is 1.85. The van der Waals surface area contributed by atoms with E-state index in [9.17, 15) is 13.2 Å². The van der Waals surface area contributed by atoms with Gasteiger partial charge in [0.25, 0.3) is 0 Å². The van der Waals surface area contributed by atoms with Crippen LogP contribution in [-0.4, -0.2) is 54.3 Å². The molecule has 9 heteroatoms. The maximum Gasteiger partial charge on any atom is 0.243 e. The lowest BCUT2D eigenvalue weighted by Gasteiger charge is -2.32. The molecule has 5 rings (SSSR count). The molecule has 1 atom stereocenters. The normalized spacial score (nSPS) is 21.6. The van der Waals surface area contributed by atoms with Gasteiger partial charge in [-0.05, 0) is 55.9 Å². The zero-order valence-electron chi connectivity index (χ0n) is 16.9. The number of hydrogen-bond acceptors (Lipinski definition) is 6. The highest BCUT2D eigenvalue weighted by Crippen LogP contribution is 2.39. The Bertz CT molecular complexity index is 1120. The summed E-state index contributed by atoms with van der Waals surface area (Å²) in [4.78, 5) is 22.6. The second-order valence-corrected chi connectivity index (χ2v) is 10.0. The standard InChI is InChI=1S/C21H24N4O4S/c1-14-22-8-6-19(23-14)29-17-3-2-9-24(13-17)30(27,28)18-11-15-4-5-20(26)25-10-7-16(12-18)21(15)25/h6,8,11-12,17H,2-5,7,9-10,13H2,1H3/t17-/m1/s1. The number of anilines is 1. The van der Waals surface area contributed by atoms with Gasteiger partial charge in [-0.15, -0.1) is 0 Å². The Kier molecular flexibility index (Phi) is 4.74. The lowest BCUT2D eigenvalue weighted by molar-refractivity contribution is -0.118. The number of rotatable bonds is 4. The molecular formula is C21H24N4O4S. The van der Waals surface area contributed by atoms with Gasteiger partial charge in [0.2, 0.25) is 21.8 Å². The van der Waals surface area contributed by atoms with E-state index in [-0.39, 0.29) is 12.0 Å². The summed E-state index contributed by atoms with van der Waals surface area (Å²) in [5.74, 6) is 1.22. The first-order valence-electron chi connectivity index (χ1n) is 10.3. The molecule has 3 aliphatic heterocycles. The Morgan fingerprint density at radius 3 is 2.73 bits per heavy atom. The van der Waals surface area contributed by atoms with Gasteiger partial charge in [-0.2, -0.15) is 9.29 Å². The van der Waals surface area contributed by atoms with Crippen LogP contribution in [0.4, 0.5) is 5.69 Å². The zero-order valence-corrected chi connectivity index (χ0v) is 17.7. The van der Waals surface area contributed by atoms with Crippen LogP contribution in [0, 0.1) is 6.92 Å². The number of sulfonamides is 1. The van der Waals surface area contributed by atoms with E-state index in [1.165, 1.54) is 4.31 Å². The number of piperidine rings is 1. The van der Waals surface area contributed by atoms with Gasteiger partial charge in [0.05, 0.1) is 17.1 Å². The molecule has 0 spiro atoms. The molecule has 8 nitrogen and oxygen atoms in total. The summed E-state index contributed by atoms with van der Waals surface area (Å²) in [5, 5.41) is 0. The number of aromatic nitrogens is 2. The molecule has 4 heterocycles. The minimum absolute atomic E-state index is 0.132. The molecule has 0 aliphatic carbocycles. The van der Waals surface area contributed by atoms with Crippen molar-refractivity contribution in [2.45, 2.75) is 50.0 Å². The summed E-state index contributed by atoms with van der Waals surface area (Å²) >= 11 is 0.